The molecule has 0 saturated heterocycles. The molecule has 0 radical (unpaired) electrons. The van der Waals surface area contributed by atoms with Crippen LogP contribution in [0.25, 0.3) is 88.4 Å². The Morgan fingerprint density at radius 1 is 0.260 bits per heavy atom. The van der Waals surface area contributed by atoms with Gasteiger partial charge in [0.1, 0.15) is 0 Å². The van der Waals surface area contributed by atoms with Crippen LogP contribution in [0.15, 0.2) is 194 Å². The molecule has 10 aromatic rings. The predicted molar refractivity (Wildman–Crippen MR) is 211 cm³/mol. The van der Waals surface area contributed by atoms with Crippen molar-refractivity contribution in [1.82, 2.24) is 9.13 Å². The van der Waals surface area contributed by atoms with Gasteiger partial charge < -0.3 is 9.13 Å². The standard InChI is InChI=1S/C48H32N2/c1-4-15-33(16-5-1)35-29-36(34-27-28-42-41-21-10-12-24-44(41)50(47(42)32-34)39-19-8-3-9-20-39)31-37(30-35)40-23-14-26-46-48(40)43-22-11-13-25-45(43)49(46)38-17-6-2-7-18-38/h1-32H. The fourth-order valence-electron chi connectivity index (χ4n) is 7.87. The van der Waals surface area contributed by atoms with E-state index < -0.39 is 0 Å². The zero-order chi connectivity index (χ0) is 33.0. The predicted octanol–water partition coefficient (Wildman–Crippen LogP) is 12.9. The molecule has 2 nitrogen and oxygen atoms in total. The molecule has 234 valence electrons. The Bertz CT molecular complexity index is 2840. The zero-order valence-corrected chi connectivity index (χ0v) is 27.4. The van der Waals surface area contributed by atoms with E-state index >= 15 is 0 Å². The summed E-state index contributed by atoms with van der Waals surface area (Å²) in [6.45, 7) is 0. The summed E-state index contributed by atoms with van der Waals surface area (Å²) < 4.78 is 4.79. The molecule has 0 spiro atoms. The van der Waals surface area contributed by atoms with E-state index in [0.717, 1.165) is 11.4 Å². The molecule has 0 fully saturated rings. The van der Waals surface area contributed by atoms with E-state index in [1.54, 1.807) is 0 Å². The molecule has 0 amide bonds. The van der Waals surface area contributed by atoms with Gasteiger partial charge in [-0.1, -0.05) is 127 Å². The number of hydrogen-bond acceptors (Lipinski definition) is 0. The van der Waals surface area contributed by atoms with Gasteiger partial charge in [-0.25, -0.2) is 0 Å². The summed E-state index contributed by atoms with van der Waals surface area (Å²) in [5, 5.41) is 5.04. The maximum atomic E-state index is 2.40. The number of benzene rings is 8. The highest BCUT2D eigenvalue weighted by molar-refractivity contribution is 6.16. The van der Waals surface area contributed by atoms with Crippen molar-refractivity contribution in [3.8, 4) is 44.8 Å². The van der Waals surface area contributed by atoms with Gasteiger partial charge in [0, 0.05) is 32.9 Å². The number of rotatable bonds is 5. The van der Waals surface area contributed by atoms with Gasteiger partial charge in [0.15, 0.2) is 0 Å². The van der Waals surface area contributed by atoms with Crippen molar-refractivity contribution >= 4 is 43.6 Å². The van der Waals surface area contributed by atoms with Crippen molar-refractivity contribution in [2.75, 3.05) is 0 Å². The summed E-state index contributed by atoms with van der Waals surface area (Å²) in [5.41, 5.74) is 14.4. The van der Waals surface area contributed by atoms with Gasteiger partial charge in [-0.15, -0.1) is 0 Å². The minimum atomic E-state index is 1.16. The van der Waals surface area contributed by atoms with Gasteiger partial charge in [-0.2, -0.15) is 0 Å². The third kappa shape index (κ3) is 4.50. The van der Waals surface area contributed by atoms with E-state index in [9.17, 15) is 0 Å². The molecule has 0 bridgehead atoms. The molecule has 10 rings (SSSR count). The number of aromatic nitrogens is 2. The second-order valence-corrected chi connectivity index (χ2v) is 13.0. The molecule has 2 heterocycles. The first-order chi connectivity index (χ1) is 24.8. The van der Waals surface area contributed by atoms with Gasteiger partial charge in [0.05, 0.1) is 22.1 Å². The number of fused-ring (bicyclic) bond motifs is 6. The molecule has 2 heteroatoms. The van der Waals surface area contributed by atoms with Gasteiger partial charge in [-0.3, -0.25) is 0 Å². The summed E-state index contributed by atoms with van der Waals surface area (Å²) in [6.07, 6.45) is 0. The van der Waals surface area contributed by atoms with Crippen molar-refractivity contribution in [3.05, 3.63) is 194 Å². The maximum absolute atomic E-state index is 2.40. The average Bonchev–Trinajstić information content (AvgIpc) is 3.71. The lowest BCUT2D eigenvalue weighted by Gasteiger charge is -2.14. The van der Waals surface area contributed by atoms with Crippen LogP contribution in [0.4, 0.5) is 0 Å². The minimum Gasteiger partial charge on any atom is -0.309 e. The van der Waals surface area contributed by atoms with Crippen LogP contribution in [-0.4, -0.2) is 9.13 Å². The lowest BCUT2D eigenvalue weighted by Crippen LogP contribution is -1.93. The molecule has 0 aliphatic carbocycles. The first-order valence-corrected chi connectivity index (χ1v) is 17.2. The molecule has 8 aromatic carbocycles. The van der Waals surface area contributed by atoms with Crippen molar-refractivity contribution in [2.24, 2.45) is 0 Å². The summed E-state index contributed by atoms with van der Waals surface area (Å²) in [5.74, 6) is 0. The third-order valence-corrected chi connectivity index (χ3v) is 10.1. The summed E-state index contributed by atoms with van der Waals surface area (Å²) in [6, 6.07) is 70.5. The highest BCUT2D eigenvalue weighted by atomic mass is 15.0. The fraction of sp³-hybridized carbons (Fsp3) is 0. The lowest BCUT2D eigenvalue weighted by atomic mass is 9.91. The summed E-state index contributed by atoms with van der Waals surface area (Å²) in [4.78, 5) is 0. The van der Waals surface area contributed by atoms with Crippen LogP contribution >= 0.6 is 0 Å². The van der Waals surface area contributed by atoms with Gasteiger partial charge in [0.2, 0.25) is 0 Å². The Balaban J connectivity index is 1.24. The quantitative estimate of drug-likeness (QED) is 0.178. The highest BCUT2D eigenvalue weighted by Crippen LogP contribution is 2.42. The van der Waals surface area contributed by atoms with Gasteiger partial charge >= 0.3 is 0 Å². The Hall–Kier alpha value is -6.64. The first-order valence-electron chi connectivity index (χ1n) is 17.2. The van der Waals surface area contributed by atoms with E-state index in [2.05, 4.69) is 203 Å². The van der Waals surface area contributed by atoms with Gasteiger partial charge in [0.25, 0.3) is 0 Å². The summed E-state index contributed by atoms with van der Waals surface area (Å²) >= 11 is 0. The molecular formula is C48H32N2. The largest absolute Gasteiger partial charge is 0.309 e. The molecule has 2 aromatic heterocycles. The number of para-hydroxylation sites is 4. The van der Waals surface area contributed by atoms with Crippen molar-refractivity contribution in [2.45, 2.75) is 0 Å². The SMILES string of the molecule is c1ccc(-c2cc(-c3ccc4c5ccccc5n(-c5ccccc5)c4c3)cc(-c3cccc4c3c3ccccc3n4-c3ccccc3)c2)cc1. The Morgan fingerprint density at radius 2 is 0.760 bits per heavy atom. The van der Waals surface area contributed by atoms with E-state index in [4.69, 9.17) is 0 Å². The molecular weight excluding hydrogens is 605 g/mol. The average molecular weight is 637 g/mol. The first kappa shape index (κ1) is 28.4. The molecule has 0 aliphatic rings. The van der Waals surface area contributed by atoms with Crippen LogP contribution < -0.4 is 0 Å². The molecule has 50 heavy (non-hydrogen) atoms. The maximum Gasteiger partial charge on any atom is 0.0547 e. The van der Waals surface area contributed by atoms with Crippen LogP contribution in [0.2, 0.25) is 0 Å². The fourth-order valence-corrected chi connectivity index (χ4v) is 7.87. The van der Waals surface area contributed by atoms with E-state index in [1.807, 2.05) is 0 Å². The topological polar surface area (TPSA) is 9.86 Å². The Labute approximate surface area is 290 Å². The summed E-state index contributed by atoms with van der Waals surface area (Å²) in [7, 11) is 0. The van der Waals surface area contributed by atoms with E-state index in [0.29, 0.717) is 0 Å². The Morgan fingerprint density at radius 3 is 1.46 bits per heavy atom. The third-order valence-electron chi connectivity index (χ3n) is 10.1. The molecule has 0 N–H and O–H groups in total. The van der Waals surface area contributed by atoms with Crippen LogP contribution in [0, 0.1) is 0 Å². The normalized spacial score (nSPS) is 11.6. The highest BCUT2D eigenvalue weighted by Gasteiger charge is 2.18. The van der Waals surface area contributed by atoms with E-state index in [-0.39, 0.29) is 0 Å². The van der Waals surface area contributed by atoms with Gasteiger partial charge in [-0.05, 0) is 100 Å². The molecule has 0 aliphatic heterocycles. The minimum absolute atomic E-state index is 1.16. The second-order valence-electron chi connectivity index (χ2n) is 13.0. The van der Waals surface area contributed by atoms with Crippen LogP contribution in [0.5, 0.6) is 0 Å². The number of hydrogen-bond donors (Lipinski definition) is 0. The monoisotopic (exact) mass is 636 g/mol. The van der Waals surface area contributed by atoms with E-state index in [1.165, 1.54) is 77.0 Å². The zero-order valence-electron chi connectivity index (χ0n) is 27.4. The lowest BCUT2D eigenvalue weighted by molar-refractivity contribution is 1.18. The second kappa shape index (κ2) is 11.5. The number of nitrogens with zero attached hydrogens (tertiary/aromatic N) is 2. The molecule has 0 saturated carbocycles. The molecule has 0 unspecified atom stereocenters. The van der Waals surface area contributed by atoms with Crippen LogP contribution in [-0.2, 0) is 0 Å². The van der Waals surface area contributed by atoms with Crippen LogP contribution in [0.1, 0.15) is 0 Å². The van der Waals surface area contributed by atoms with Crippen molar-refractivity contribution < 1.29 is 0 Å². The van der Waals surface area contributed by atoms with Crippen LogP contribution in [0.3, 0.4) is 0 Å². The molecule has 0 atom stereocenters. The van der Waals surface area contributed by atoms with Crippen molar-refractivity contribution in [3.63, 3.8) is 0 Å². The smallest absolute Gasteiger partial charge is 0.0547 e. The van der Waals surface area contributed by atoms with Crippen molar-refractivity contribution in [1.29, 1.82) is 0 Å². The Kier molecular flexibility index (Phi) is 6.53.